The van der Waals surface area contributed by atoms with Gasteiger partial charge in [-0.05, 0) is 34.5 Å². The lowest BCUT2D eigenvalue weighted by Crippen LogP contribution is -2.14. The fourth-order valence-corrected chi connectivity index (χ4v) is 4.45. The first-order valence-corrected chi connectivity index (χ1v) is 11.0. The number of nitrogens with zero attached hydrogens (tertiary/aromatic N) is 3. The van der Waals surface area contributed by atoms with E-state index in [0.717, 1.165) is 5.82 Å². The molecule has 0 atom stereocenters. The van der Waals surface area contributed by atoms with Gasteiger partial charge in [0.25, 0.3) is 0 Å². The Morgan fingerprint density at radius 2 is 1.77 bits per heavy atom. The van der Waals surface area contributed by atoms with Gasteiger partial charge >= 0.3 is 0 Å². The Bertz CT molecular complexity index is 1200. The van der Waals surface area contributed by atoms with Crippen molar-refractivity contribution in [2.75, 3.05) is 11.1 Å². The highest BCUT2D eigenvalue weighted by atomic mass is 35.5. The normalized spacial score (nSPS) is 11.0. The lowest BCUT2D eigenvalue weighted by atomic mass is 10.0. The number of hydrogen-bond acceptors (Lipinski definition) is 4. The molecule has 0 spiro atoms. The van der Waals surface area contributed by atoms with Crippen molar-refractivity contribution in [2.24, 2.45) is 7.05 Å². The van der Waals surface area contributed by atoms with Crippen molar-refractivity contribution >= 4 is 57.3 Å². The third-order valence-electron chi connectivity index (χ3n) is 4.63. The summed E-state index contributed by atoms with van der Waals surface area (Å²) in [7, 11) is 1.91. The molecule has 0 aliphatic rings. The molecule has 1 amide bonds. The maximum absolute atomic E-state index is 12.3. The highest BCUT2D eigenvalue weighted by Crippen LogP contribution is 2.24. The molecule has 0 fully saturated rings. The number of carbonyl (C=O) groups is 1. The molecule has 1 aromatic heterocycles. The largest absolute Gasteiger partial charge is 0.325 e. The fraction of sp³-hybridized carbons (Fsp3) is 0.136. The molecule has 152 valence electrons. The molecule has 4 aromatic rings. The molecule has 1 heterocycles. The number of carbonyl (C=O) groups excluding carboxylic acids is 1. The molecule has 5 nitrogen and oxygen atoms in total. The molecular weight excluding hydrogens is 439 g/mol. The summed E-state index contributed by atoms with van der Waals surface area (Å²) in [6, 6.07) is 19.5. The van der Waals surface area contributed by atoms with Crippen LogP contribution in [0.15, 0.2) is 65.8 Å². The van der Waals surface area contributed by atoms with Gasteiger partial charge < -0.3 is 9.88 Å². The van der Waals surface area contributed by atoms with Crippen LogP contribution in [0.2, 0.25) is 10.0 Å². The standard InChI is InChI=1S/C22H18Cl2N4OS/c1-28-20(9-15-7-4-6-14-5-2-3-8-19(14)15)26-27-22(28)30-13-21(29)25-18-11-16(23)10-17(24)12-18/h2-8,10-12H,9,13H2,1H3,(H,25,29). The van der Waals surface area contributed by atoms with Crippen LogP contribution in [0.1, 0.15) is 11.4 Å². The number of aromatic nitrogens is 3. The second-order valence-corrected chi connectivity index (χ2v) is 8.58. The van der Waals surface area contributed by atoms with Crippen LogP contribution in [0.5, 0.6) is 0 Å². The van der Waals surface area contributed by atoms with Crippen molar-refractivity contribution in [1.82, 2.24) is 14.8 Å². The highest BCUT2D eigenvalue weighted by molar-refractivity contribution is 7.99. The van der Waals surface area contributed by atoms with E-state index in [0.29, 0.717) is 27.3 Å². The third-order valence-corrected chi connectivity index (χ3v) is 6.09. The average Bonchev–Trinajstić information content (AvgIpc) is 3.05. The number of anilines is 1. The first-order chi connectivity index (χ1) is 14.5. The highest BCUT2D eigenvalue weighted by Gasteiger charge is 2.13. The Labute approximate surface area is 188 Å². The number of halogens is 2. The van der Waals surface area contributed by atoms with Crippen molar-refractivity contribution in [2.45, 2.75) is 11.6 Å². The summed E-state index contributed by atoms with van der Waals surface area (Å²) >= 11 is 13.3. The quantitative estimate of drug-likeness (QED) is 0.383. The number of thioether (sulfide) groups is 1. The third kappa shape index (κ3) is 4.78. The second kappa shape index (κ2) is 9.08. The van der Waals surface area contributed by atoms with Gasteiger partial charge in [-0.3, -0.25) is 4.79 Å². The summed E-state index contributed by atoms with van der Waals surface area (Å²) in [5.41, 5.74) is 1.75. The topological polar surface area (TPSA) is 59.8 Å². The molecule has 0 radical (unpaired) electrons. The van der Waals surface area contributed by atoms with E-state index >= 15 is 0 Å². The summed E-state index contributed by atoms with van der Waals surface area (Å²) in [4.78, 5) is 12.3. The summed E-state index contributed by atoms with van der Waals surface area (Å²) in [6.07, 6.45) is 0.665. The first kappa shape index (κ1) is 20.7. The van der Waals surface area contributed by atoms with Gasteiger partial charge in [-0.25, -0.2) is 0 Å². The monoisotopic (exact) mass is 456 g/mol. The molecule has 1 N–H and O–H groups in total. The SMILES string of the molecule is Cn1c(Cc2cccc3ccccc23)nnc1SCC(=O)Nc1cc(Cl)cc(Cl)c1. The zero-order valence-electron chi connectivity index (χ0n) is 16.1. The van der Waals surface area contributed by atoms with E-state index in [2.05, 4.69) is 45.8 Å². The van der Waals surface area contributed by atoms with E-state index in [-0.39, 0.29) is 11.7 Å². The summed E-state index contributed by atoms with van der Waals surface area (Å²) < 4.78 is 1.93. The minimum absolute atomic E-state index is 0.170. The van der Waals surface area contributed by atoms with Crippen molar-refractivity contribution in [3.8, 4) is 0 Å². The second-order valence-electron chi connectivity index (χ2n) is 6.77. The molecule has 0 bridgehead atoms. The molecule has 0 unspecified atom stereocenters. The fourth-order valence-electron chi connectivity index (χ4n) is 3.19. The maximum Gasteiger partial charge on any atom is 0.234 e. The van der Waals surface area contributed by atoms with Crippen LogP contribution in [-0.4, -0.2) is 26.4 Å². The average molecular weight is 457 g/mol. The molecule has 4 rings (SSSR count). The van der Waals surface area contributed by atoms with Crippen LogP contribution >= 0.6 is 35.0 Å². The van der Waals surface area contributed by atoms with Gasteiger partial charge in [0, 0.05) is 29.2 Å². The smallest absolute Gasteiger partial charge is 0.234 e. The number of hydrogen-bond donors (Lipinski definition) is 1. The molecule has 0 saturated carbocycles. The zero-order chi connectivity index (χ0) is 21.1. The lowest BCUT2D eigenvalue weighted by molar-refractivity contribution is -0.113. The molecule has 0 aliphatic heterocycles. The summed E-state index contributed by atoms with van der Waals surface area (Å²) in [5.74, 6) is 0.873. The van der Waals surface area contributed by atoms with Gasteiger partial charge in [0.2, 0.25) is 5.91 Å². The van der Waals surface area contributed by atoms with Crippen molar-refractivity contribution in [3.63, 3.8) is 0 Å². The number of fused-ring (bicyclic) bond motifs is 1. The van der Waals surface area contributed by atoms with Gasteiger partial charge in [0.1, 0.15) is 5.82 Å². The van der Waals surface area contributed by atoms with Gasteiger partial charge in [0.15, 0.2) is 5.16 Å². The molecule has 0 aliphatic carbocycles. The zero-order valence-corrected chi connectivity index (χ0v) is 18.4. The predicted molar refractivity (Wildman–Crippen MR) is 124 cm³/mol. The van der Waals surface area contributed by atoms with Gasteiger partial charge in [-0.2, -0.15) is 0 Å². The van der Waals surface area contributed by atoms with Crippen molar-refractivity contribution < 1.29 is 4.79 Å². The van der Waals surface area contributed by atoms with E-state index < -0.39 is 0 Å². The Morgan fingerprint density at radius 3 is 2.57 bits per heavy atom. The van der Waals surface area contributed by atoms with Crippen LogP contribution < -0.4 is 5.32 Å². The van der Waals surface area contributed by atoms with E-state index in [9.17, 15) is 4.79 Å². The minimum atomic E-state index is -0.170. The molecular formula is C22H18Cl2N4OS. The number of rotatable bonds is 6. The molecule has 0 saturated heterocycles. The van der Waals surface area contributed by atoms with E-state index in [1.807, 2.05) is 23.7 Å². The molecule has 3 aromatic carbocycles. The minimum Gasteiger partial charge on any atom is -0.325 e. The summed E-state index contributed by atoms with van der Waals surface area (Å²) in [5, 5.41) is 15.4. The van der Waals surface area contributed by atoms with Crippen LogP contribution in [0.4, 0.5) is 5.69 Å². The van der Waals surface area contributed by atoms with Crippen LogP contribution in [0.3, 0.4) is 0 Å². The number of amides is 1. The van der Waals surface area contributed by atoms with Gasteiger partial charge in [-0.1, -0.05) is 77.4 Å². The van der Waals surface area contributed by atoms with Crippen LogP contribution in [0.25, 0.3) is 10.8 Å². The first-order valence-electron chi connectivity index (χ1n) is 9.23. The predicted octanol–water partition coefficient (Wildman–Crippen LogP) is 5.60. The summed E-state index contributed by atoms with van der Waals surface area (Å²) in [6.45, 7) is 0. The van der Waals surface area contributed by atoms with Crippen LogP contribution in [-0.2, 0) is 18.3 Å². The van der Waals surface area contributed by atoms with E-state index in [1.165, 1.54) is 28.1 Å². The molecule has 30 heavy (non-hydrogen) atoms. The number of benzene rings is 3. The lowest BCUT2D eigenvalue weighted by Gasteiger charge is -2.08. The Hall–Kier alpha value is -2.54. The molecule has 8 heteroatoms. The Balaban J connectivity index is 1.42. The van der Waals surface area contributed by atoms with Crippen LogP contribution in [0, 0.1) is 0 Å². The van der Waals surface area contributed by atoms with E-state index in [4.69, 9.17) is 23.2 Å². The Kier molecular flexibility index (Phi) is 6.27. The number of nitrogens with one attached hydrogen (secondary N) is 1. The van der Waals surface area contributed by atoms with E-state index in [1.54, 1.807) is 18.2 Å². The van der Waals surface area contributed by atoms with Crippen molar-refractivity contribution in [3.05, 3.63) is 82.1 Å². The Morgan fingerprint density at radius 1 is 1.03 bits per heavy atom. The van der Waals surface area contributed by atoms with Gasteiger partial charge in [0.05, 0.1) is 5.75 Å². The van der Waals surface area contributed by atoms with Crippen molar-refractivity contribution in [1.29, 1.82) is 0 Å². The maximum atomic E-state index is 12.3. The van der Waals surface area contributed by atoms with Gasteiger partial charge in [-0.15, -0.1) is 10.2 Å².